The van der Waals surface area contributed by atoms with Crippen LogP contribution >= 0.6 is 0 Å². The zero-order chi connectivity index (χ0) is 18.5. The number of urea groups is 1. The highest BCUT2D eigenvalue weighted by Crippen LogP contribution is 2.55. The predicted molar refractivity (Wildman–Crippen MR) is 102 cm³/mol. The molecule has 5 aliphatic rings. The molecule has 0 radical (unpaired) electrons. The molecule has 1 aromatic rings. The van der Waals surface area contributed by atoms with Gasteiger partial charge in [0.1, 0.15) is 6.33 Å². The fraction of sp³-hybridized carbons (Fsp3) is 0.850. The number of rotatable bonds is 3. The normalized spacial score (nSPS) is 36.8. The lowest BCUT2D eigenvalue weighted by Gasteiger charge is -2.58. The Bertz CT molecular complexity index is 666. The van der Waals surface area contributed by atoms with E-state index in [4.69, 9.17) is 0 Å². The third-order valence-electron chi connectivity index (χ3n) is 7.67. The van der Waals surface area contributed by atoms with Gasteiger partial charge in [-0.25, -0.2) is 4.79 Å². The molecule has 27 heavy (non-hydrogen) atoms. The van der Waals surface area contributed by atoms with Crippen LogP contribution in [0.5, 0.6) is 0 Å². The number of nitrogens with one attached hydrogen (secondary N) is 1. The van der Waals surface area contributed by atoms with Gasteiger partial charge in [-0.2, -0.15) is 0 Å². The Morgan fingerprint density at radius 2 is 1.70 bits per heavy atom. The fourth-order valence-corrected chi connectivity index (χ4v) is 6.74. The second kappa shape index (κ2) is 6.76. The third kappa shape index (κ3) is 3.13. The fourth-order valence-electron chi connectivity index (χ4n) is 6.74. The van der Waals surface area contributed by atoms with Crippen molar-refractivity contribution in [3.8, 4) is 0 Å². The number of hydrogen-bond donors (Lipinski definition) is 1. The minimum Gasteiger partial charge on any atom is -0.328 e. The smallest absolute Gasteiger partial charge is 0.318 e. The van der Waals surface area contributed by atoms with E-state index in [9.17, 15) is 4.79 Å². The van der Waals surface area contributed by atoms with Crippen LogP contribution in [-0.2, 0) is 7.05 Å². The number of carbonyl (C=O) groups is 1. The van der Waals surface area contributed by atoms with E-state index in [1.807, 2.05) is 23.4 Å². The minimum absolute atomic E-state index is 0.0234. The van der Waals surface area contributed by atoms with Crippen LogP contribution in [0.3, 0.4) is 0 Å². The van der Waals surface area contributed by atoms with Gasteiger partial charge in [-0.05, 0) is 62.7 Å². The average molecular weight is 373 g/mol. The average Bonchev–Trinajstić information content (AvgIpc) is 3.07. The molecule has 4 bridgehead atoms. The summed E-state index contributed by atoms with van der Waals surface area (Å²) < 4.78 is 1.86. The quantitative estimate of drug-likeness (QED) is 0.882. The lowest BCUT2D eigenvalue weighted by atomic mass is 9.54. The SMILES string of the molecule is C[C@H](NC(=O)N1CCN(C2C3CC4CC(C3)CC2C4)CC1)c1nncn1C. The van der Waals surface area contributed by atoms with Crippen molar-refractivity contribution in [2.45, 2.75) is 51.1 Å². The summed E-state index contributed by atoms with van der Waals surface area (Å²) in [4.78, 5) is 17.4. The zero-order valence-electron chi connectivity index (χ0n) is 16.5. The van der Waals surface area contributed by atoms with Gasteiger partial charge in [-0.3, -0.25) is 4.90 Å². The van der Waals surface area contributed by atoms with Crippen LogP contribution in [0.1, 0.15) is 50.9 Å². The molecule has 1 aromatic heterocycles. The van der Waals surface area contributed by atoms with Crippen molar-refractivity contribution in [1.29, 1.82) is 0 Å². The van der Waals surface area contributed by atoms with Crippen molar-refractivity contribution in [2.24, 2.45) is 30.7 Å². The number of aromatic nitrogens is 3. The van der Waals surface area contributed by atoms with Crippen LogP contribution in [0.2, 0.25) is 0 Å². The lowest BCUT2D eigenvalue weighted by molar-refractivity contribution is -0.0737. The number of carbonyl (C=O) groups excluding carboxylic acids is 1. The molecule has 7 heteroatoms. The van der Waals surface area contributed by atoms with E-state index in [-0.39, 0.29) is 12.1 Å². The van der Waals surface area contributed by atoms with Crippen LogP contribution in [0, 0.1) is 23.7 Å². The molecule has 5 fully saturated rings. The summed E-state index contributed by atoms with van der Waals surface area (Å²) in [6, 6.07) is 0.684. The molecule has 1 atom stereocenters. The second-order valence-corrected chi connectivity index (χ2v) is 9.42. The molecule has 1 aliphatic heterocycles. The molecule has 6 rings (SSSR count). The van der Waals surface area contributed by atoms with Crippen molar-refractivity contribution in [1.82, 2.24) is 29.9 Å². The van der Waals surface area contributed by atoms with E-state index in [0.29, 0.717) is 0 Å². The van der Waals surface area contributed by atoms with Crippen molar-refractivity contribution in [3.05, 3.63) is 12.2 Å². The standard InChI is InChI=1S/C20H32N6O/c1-13(19-23-21-12-24(19)2)22-20(27)26-5-3-25(4-6-26)18-16-8-14-7-15(10-16)11-17(18)9-14/h12-18H,3-11H2,1-2H3,(H,22,27)/t13-,14?,15?,16?,17?,18?/m0/s1. The van der Waals surface area contributed by atoms with Gasteiger partial charge < -0.3 is 14.8 Å². The molecule has 4 saturated carbocycles. The number of nitrogens with zero attached hydrogens (tertiary/aromatic N) is 5. The number of aryl methyl sites for hydroxylation is 1. The molecule has 0 spiro atoms. The van der Waals surface area contributed by atoms with E-state index < -0.39 is 0 Å². The minimum atomic E-state index is -0.132. The Balaban J connectivity index is 1.16. The van der Waals surface area contributed by atoms with E-state index >= 15 is 0 Å². The topological polar surface area (TPSA) is 66.3 Å². The molecular formula is C20H32N6O. The highest BCUT2D eigenvalue weighted by molar-refractivity contribution is 5.74. The number of amides is 2. The van der Waals surface area contributed by atoms with Gasteiger partial charge in [-0.1, -0.05) is 0 Å². The second-order valence-electron chi connectivity index (χ2n) is 9.42. The molecule has 2 heterocycles. The maximum Gasteiger partial charge on any atom is 0.318 e. The summed E-state index contributed by atoms with van der Waals surface area (Å²) in [5, 5.41) is 11.1. The summed E-state index contributed by atoms with van der Waals surface area (Å²) in [6.07, 6.45) is 9.04. The Morgan fingerprint density at radius 3 is 2.26 bits per heavy atom. The first-order valence-electron chi connectivity index (χ1n) is 10.7. The van der Waals surface area contributed by atoms with Gasteiger partial charge in [-0.15, -0.1) is 10.2 Å². The zero-order valence-corrected chi connectivity index (χ0v) is 16.5. The summed E-state index contributed by atoms with van der Waals surface area (Å²) in [7, 11) is 1.90. The van der Waals surface area contributed by atoms with Gasteiger partial charge in [0.25, 0.3) is 0 Å². The van der Waals surface area contributed by atoms with Crippen LogP contribution < -0.4 is 5.32 Å². The Morgan fingerprint density at radius 1 is 1.07 bits per heavy atom. The van der Waals surface area contributed by atoms with Crippen LogP contribution in [0.25, 0.3) is 0 Å². The molecule has 1 saturated heterocycles. The summed E-state index contributed by atoms with van der Waals surface area (Å²) in [5.74, 6) is 4.70. The lowest BCUT2D eigenvalue weighted by Crippen LogP contribution is -2.61. The maximum atomic E-state index is 12.7. The number of piperazine rings is 1. The predicted octanol–water partition coefficient (Wildman–Crippen LogP) is 2.03. The summed E-state index contributed by atoms with van der Waals surface area (Å²) in [5.41, 5.74) is 0. The van der Waals surface area contributed by atoms with Crippen molar-refractivity contribution in [3.63, 3.8) is 0 Å². The largest absolute Gasteiger partial charge is 0.328 e. The molecule has 7 nitrogen and oxygen atoms in total. The van der Waals surface area contributed by atoms with E-state index in [1.165, 1.54) is 32.1 Å². The van der Waals surface area contributed by atoms with E-state index in [1.54, 1.807) is 6.33 Å². The first kappa shape index (κ1) is 17.5. The van der Waals surface area contributed by atoms with Gasteiger partial charge in [0.2, 0.25) is 0 Å². The maximum absolute atomic E-state index is 12.7. The summed E-state index contributed by atoms with van der Waals surface area (Å²) >= 11 is 0. The first-order chi connectivity index (χ1) is 13.1. The van der Waals surface area contributed by atoms with Crippen molar-refractivity contribution < 1.29 is 4.79 Å². The van der Waals surface area contributed by atoms with Crippen LogP contribution in [0.4, 0.5) is 4.79 Å². The van der Waals surface area contributed by atoms with Crippen molar-refractivity contribution in [2.75, 3.05) is 26.2 Å². The van der Waals surface area contributed by atoms with E-state index in [2.05, 4.69) is 20.4 Å². The molecule has 0 aromatic carbocycles. The van der Waals surface area contributed by atoms with Gasteiger partial charge >= 0.3 is 6.03 Å². The highest BCUT2D eigenvalue weighted by Gasteiger charge is 2.50. The number of hydrogen-bond acceptors (Lipinski definition) is 4. The monoisotopic (exact) mass is 372 g/mol. The third-order valence-corrected chi connectivity index (χ3v) is 7.67. The van der Waals surface area contributed by atoms with E-state index in [0.717, 1.165) is 61.7 Å². The van der Waals surface area contributed by atoms with Crippen LogP contribution in [-0.4, -0.2) is 62.8 Å². The first-order valence-corrected chi connectivity index (χ1v) is 10.7. The highest BCUT2D eigenvalue weighted by atomic mass is 16.2. The molecule has 1 N–H and O–H groups in total. The van der Waals surface area contributed by atoms with Gasteiger partial charge in [0.15, 0.2) is 5.82 Å². The van der Waals surface area contributed by atoms with Gasteiger partial charge in [0.05, 0.1) is 6.04 Å². The summed E-state index contributed by atoms with van der Waals surface area (Å²) in [6.45, 7) is 5.69. The molecule has 148 valence electrons. The van der Waals surface area contributed by atoms with Gasteiger partial charge in [0, 0.05) is 39.3 Å². The van der Waals surface area contributed by atoms with Crippen molar-refractivity contribution >= 4 is 6.03 Å². The molecule has 4 aliphatic carbocycles. The molecule has 2 amide bonds. The molecule has 0 unspecified atom stereocenters. The Kier molecular flexibility index (Phi) is 4.37. The Labute approximate surface area is 161 Å². The molecular weight excluding hydrogens is 340 g/mol. The Hall–Kier alpha value is -1.63. The van der Waals surface area contributed by atoms with Crippen LogP contribution in [0.15, 0.2) is 6.33 Å².